The zero-order valence-electron chi connectivity index (χ0n) is 13.4. The largest absolute Gasteiger partial charge is 0.463 e. The highest BCUT2D eigenvalue weighted by Crippen LogP contribution is 2.33. The summed E-state index contributed by atoms with van der Waals surface area (Å²) in [4.78, 5) is 33.7. The van der Waals surface area contributed by atoms with Crippen molar-refractivity contribution in [3.8, 4) is 0 Å². The highest BCUT2D eigenvalue weighted by atomic mass is 35.6. The van der Waals surface area contributed by atoms with Crippen LogP contribution in [0, 0.1) is 5.41 Å². The molecular weight excluding hydrogens is 405 g/mol. The number of hydrogen-bond donors (Lipinski definition) is 1. The number of rotatable bonds is 5. The average molecular weight is 421 g/mol. The van der Waals surface area contributed by atoms with Crippen LogP contribution in [0.3, 0.4) is 0 Å². The number of hydrogen-bond acceptors (Lipinski definition) is 9. The maximum Gasteiger partial charge on any atom is 0.303 e. The number of alkyl halides is 3. The van der Waals surface area contributed by atoms with E-state index in [2.05, 4.69) is 0 Å². The zero-order chi connectivity index (χ0) is 19.4. The first-order chi connectivity index (χ1) is 11.4. The lowest BCUT2D eigenvalue weighted by atomic mass is 10.1. The molecular formula is C13H16Cl3NO8. The summed E-state index contributed by atoms with van der Waals surface area (Å²) in [5, 5.41) is 7.59. The molecule has 0 aromatic rings. The molecule has 2 unspecified atom stereocenters. The number of halogens is 3. The van der Waals surface area contributed by atoms with Gasteiger partial charge in [0.1, 0.15) is 12.7 Å². The van der Waals surface area contributed by atoms with E-state index in [1.54, 1.807) is 0 Å². The van der Waals surface area contributed by atoms with Crippen LogP contribution in [0.2, 0.25) is 0 Å². The third-order valence-electron chi connectivity index (χ3n) is 2.81. The van der Waals surface area contributed by atoms with Gasteiger partial charge in [-0.3, -0.25) is 19.8 Å². The second-order valence-corrected chi connectivity index (χ2v) is 7.22. The molecule has 12 heteroatoms. The number of ether oxygens (including phenoxy) is 5. The molecule has 0 bridgehead atoms. The standard InChI is InChI=1S/C13H16Cl3NO8/c1-5(18)21-4-8-9(22-6(2)19)10(23-7(3)20)11(24-8)25-12(17)13(14,15)16/h8-11,17H,4H2,1-3H3/t8-,9?,10?,11-/m0/s1. The predicted octanol–water partition coefficient (Wildman–Crippen LogP) is 1.50. The smallest absolute Gasteiger partial charge is 0.303 e. The summed E-state index contributed by atoms with van der Waals surface area (Å²) in [6.45, 7) is 3.10. The lowest BCUT2D eigenvalue weighted by Gasteiger charge is -2.24. The molecule has 4 atom stereocenters. The van der Waals surface area contributed by atoms with Gasteiger partial charge in [0.05, 0.1) is 0 Å². The summed E-state index contributed by atoms with van der Waals surface area (Å²) in [7, 11) is 0. The Morgan fingerprint density at radius 2 is 1.48 bits per heavy atom. The van der Waals surface area contributed by atoms with E-state index in [1.165, 1.54) is 6.92 Å². The van der Waals surface area contributed by atoms with Gasteiger partial charge in [0.15, 0.2) is 6.10 Å². The molecule has 0 aromatic carbocycles. The van der Waals surface area contributed by atoms with Gasteiger partial charge >= 0.3 is 17.9 Å². The molecule has 0 aromatic heterocycles. The van der Waals surface area contributed by atoms with Gasteiger partial charge in [-0.2, -0.15) is 0 Å². The van der Waals surface area contributed by atoms with Crippen molar-refractivity contribution < 1.29 is 38.1 Å². The van der Waals surface area contributed by atoms with Crippen LogP contribution in [0.5, 0.6) is 0 Å². The molecule has 142 valence electrons. The van der Waals surface area contributed by atoms with Gasteiger partial charge in [-0.05, 0) is 0 Å². The molecule has 0 amide bonds. The number of carbonyl (C=O) groups is 3. The monoisotopic (exact) mass is 419 g/mol. The zero-order valence-corrected chi connectivity index (χ0v) is 15.7. The fraction of sp³-hybridized carbons (Fsp3) is 0.692. The summed E-state index contributed by atoms with van der Waals surface area (Å²) in [6, 6.07) is 0. The molecule has 1 heterocycles. The van der Waals surface area contributed by atoms with E-state index in [9.17, 15) is 14.4 Å². The van der Waals surface area contributed by atoms with Gasteiger partial charge in [-0.15, -0.1) is 0 Å². The molecule has 1 rings (SSSR count). The molecule has 1 aliphatic heterocycles. The Labute approximate surface area is 158 Å². The lowest BCUT2D eigenvalue weighted by Crippen LogP contribution is -2.42. The lowest BCUT2D eigenvalue weighted by molar-refractivity contribution is -0.172. The van der Waals surface area contributed by atoms with E-state index in [4.69, 9.17) is 63.9 Å². The van der Waals surface area contributed by atoms with Crippen LogP contribution in [0.15, 0.2) is 0 Å². The normalized spacial score (nSPS) is 25.8. The second kappa shape index (κ2) is 8.88. The van der Waals surface area contributed by atoms with Crippen molar-refractivity contribution in [3.05, 3.63) is 0 Å². The molecule has 25 heavy (non-hydrogen) atoms. The molecule has 1 fully saturated rings. The molecule has 0 saturated carbocycles. The minimum absolute atomic E-state index is 0.313. The SMILES string of the molecule is CC(=O)OC[C@@H]1O[C@@H](OC(=N)C(Cl)(Cl)Cl)C(OC(C)=O)C1OC(C)=O. The quantitative estimate of drug-likeness (QED) is 0.233. The molecule has 1 N–H and O–H groups in total. The minimum atomic E-state index is -2.19. The van der Waals surface area contributed by atoms with Gasteiger partial charge in [-0.1, -0.05) is 34.8 Å². The van der Waals surface area contributed by atoms with E-state index in [1.807, 2.05) is 0 Å². The molecule has 0 spiro atoms. The Hall–Kier alpha value is -1.29. The van der Waals surface area contributed by atoms with Crippen molar-refractivity contribution >= 4 is 58.6 Å². The maximum absolute atomic E-state index is 11.3. The summed E-state index contributed by atoms with van der Waals surface area (Å²) in [6.07, 6.45) is -4.87. The van der Waals surface area contributed by atoms with Crippen LogP contribution in [0.25, 0.3) is 0 Å². The highest BCUT2D eigenvalue weighted by Gasteiger charge is 2.52. The van der Waals surface area contributed by atoms with Gasteiger partial charge in [0.2, 0.25) is 18.3 Å². The van der Waals surface area contributed by atoms with E-state index in [0.717, 1.165) is 13.8 Å². The molecule has 1 saturated heterocycles. The summed E-state index contributed by atoms with van der Waals surface area (Å²) >= 11 is 16.6. The fourth-order valence-electron chi connectivity index (χ4n) is 1.95. The molecule has 0 aliphatic carbocycles. The number of carbonyl (C=O) groups excluding carboxylic acids is 3. The van der Waals surface area contributed by atoms with E-state index < -0.39 is 52.2 Å². The van der Waals surface area contributed by atoms with Crippen LogP contribution in [-0.4, -0.2) is 58.8 Å². The van der Waals surface area contributed by atoms with Crippen molar-refractivity contribution in [2.45, 2.75) is 49.2 Å². The predicted molar refractivity (Wildman–Crippen MR) is 85.5 cm³/mol. The van der Waals surface area contributed by atoms with Crippen molar-refractivity contribution in [2.75, 3.05) is 6.61 Å². The third-order valence-corrected chi connectivity index (χ3v) is 3.33. The van der Waals surface area contributed by atoms with Crippen molar-refractivity contribution in [2.24, 2.45) is 0 Å². The van der Waals surface area contributed by atoms with Crippen LogP contribution >= 0.6 is 34.8 Å². The van der Waals surface area contributed by atoms with E-state index in [0.29, 0.717) is 0 Å². The molecule has 0 radical (unpaired) electrons. The van der Waals surface area contributed by atoms with Gasteiger partial charge < -0.3 is 23.7 Å². The fourth-order valence-corrected chi connectivity index (χ4v) is 2.09. The molecule has 9 nitrogen and oxygen atoms in total. The number of esters is 3. The van der Waals surface area contributed by atoms with Gasteiger partial charge in [-0.25, -0.2) is 0 Å². The Morgan fingerprint density at radius 3 is 1.92 bits per heavy atom. The van der Waals surface area contributed by atoms with Crippen LogP contribution in [-0.2, 0) is 38.1 Å². The number of nitrogens with one attached hydrogen (secondary N) is 1. The topological polar surface area (TPSA) is 121 Å². The Morgan fingerprint density at radius 1 is 0.960 bits per heavy atom. The summed E-state index contributed by atoms with van der Waals surface area (Å²) in [5.74, 6) is -2.83. The maximum atomic E-state index is 11.3. The van der Waals surface area contributed by atoms with Crippen molar-refractivity contribution in [1.29, 1.82) is 5.41 Å². The Balaban J connectivity index is 3.03. The molecule has 1 aliphatic rings. The first kappa shape index (κ1) is 21.8. The minimum Gasteiger partial charge on any atom is -0.463 e. The first-order valence-corrected chi connectivity index (χ1v) is 8.01. The Kier molecular flexibility index (Phi) is 7.73. The Bertz CT molecular complexity index is 550. The second-order valence-electron chi connectivity index (χ2n) is 4.94. The summed E-state index contributed by atoms with van der Waals surface area (Å²) in [5.41, 5.74) is 0. The first-order valence-electron chi connectivity index (χ1n) is 6.87. The highest BCUT2D eigenvalue weighted by molar-refractivity contribution is 6.76. The summed E-state index contributed by atoms with van der Waals surface area (Å²) < 4.78 is 23.3. The average Bonchev–Trinajstić information content (AvgIpc) is 2.72. The third kappa shape index (κ3) is 6.85. The van der Waals surface area contributed by atoms with Crippen LogP contribution < -0.4 is 0 Å². The van der Waals surface area contributed by atoms with Crippen LogP contribution in [0.1, 0.15) is 20.8 Å². The van der Waals surface area contributed by atoms with Gasteiger partial charge in [0, 0.05) is 20.8 Å². The van der Waals surface area contributed by atoms with E-state index in [-0.39, 0.29) is 6.61 Å². The van der Waals surface area contributed by atoms with Gasteiger partial charge in [0.25, 0.3) is 3.79 Å². The van der Waals surface area contributed by atoms with Crippen molar-refractivity contribution in [1.82, 2.24) is 0 Å². The van der Waals surface area contributed by atoms with Crippen LogP contribution in [0.4, 0.5) is 0 Å². The van der Waals surface area contributed by atoms with Crippen molar-refractivity contribution in [3.63, 3.8) is 0 Å². The van der Waals surface area contributed by atoms with E-state index >= 15 is 0 Å².